The van der Waals surface area contributed by atoms with E-state index in [4.69, 9.17) is 0 Å². The van der Waals surface area contributed by atoms with Crippen molar-refractivity contribution in [2.75, 3.05) is 7.11 Å². The number of nitrogens with zero attached hydrogens (tertiary/aromatic N) is 1. The Balaban J connectivity index is 2.27. The van der Waals surface area contributed by atoms with Crippen LogP contribution in [0, 0.1) is 11.6 Å². The summed E-state index contributed by atoms with van der Waals surface area (Å²) in [5.74, 6) is -1.66. The molecule has 0 spiro atoms. The largest absolute Gasteiger partial charge is 0.464 e. The molecule has 0 amide bonds. The molecule has 0 aliphatic rings. The summed E-state index contributed by atoms with van der Waals surface area (Å²) in [4.78, 5) is 17.7. The van der Waals surface area contributed by atoms with E-state index >= 15 is 0 Å². The maximum Gasteiger partial charge on any atom is 0.356 e. The number of hydrogen-bond acceptors (Lipinski definition) is 3. The molecule has 1 aromatic carbocycles. The Labute approximate surface area is 115 Å². The van der Waals surface area contributed by atoms with Crippen LogP contribution in [0.4, 0.5) is 8.78 Å². The summed E-state index contributed by atoms with van der Waals surface area (Å²) in [6, 6.07) is 2.34. The van der Waals surface area contributed by atoms with Crippen molar-refractivity contribution >= 4 is 21.9 Å². The van der Waals surface area contributed by atoms with Crippen LogP contribution in [-0.4, -0.2) is 23.0 Å². The van der Waals surface area contributed by atoms with Crippen molar-refractivity contribution in [2.24, 2.45) is 0 Å². The molecule has 1 heterocycles. The van der Waals surface area contributed by atoms with Crippen LogP contribution in [0.1, 0.15) is 21.9 Å². The molecule has 0 fully saturated rings. The maximum absolute atomic E-state index is 13.6. The average Bonchev–Trinajstić information content (AvgIpc) is 2.81. The molecule has 1 aromatic heterocycles. The van der Waals surface area contributed by atoms with Crippen LogP contribution in [-0.2, 0) is 11.2 Å². The number of nitrogens with one attached hydrogen (secondary N) is 1. The van der Waals surface area contributed by atoms with Crippen LogP contribution in [0.5, 0.6) is 0 Å². The van der Waals surface area contributed by atoms with E-state index in [-0.39, 0.29) is 23.5 Å². The predicted molar refractivity (Wildman–Crippen MR) is 66.8 cm³/mol. The summed E-state index contributed by atoms with van der Waals surface area (Å²) >= 11 is 3.00. The van der Waals surface area contributed by atoms with Crippen LogP contribution in [0.3, 0.4) is 0 Å². The first-order valence-corrected chi connectivity index (χ1v) is 6.06. The summed E-state index contributed by atoms with van der Waals surface area (Å²) in [6.07, 6.45) is 1.18. The van der Waals surface area contributed by atoms with Crippen LogP contribution >= 0.6 is 15.9 Å². The number of H-pyrrole nitrogens is 1. The molecule has 4 nitrogen and oxygen atoms in total. The fourth-order valence-corrected chi connectivity index (χ4v) is 1.98. The van der Waals surface area contributed by atoms with Crippen molar-refractivity contribution < 1.29 is 18.3 Å². The summed E-state index contributed by atoms with van der Waals surface area (Å²) in [6.45, 7) is 0. The lowest BCUT2D eigenvalue weighted by atomic mass is 10.1. The van der Waals surface area contributed by atoms with E-state index in [1.807, 2.05) is 0 Å². The normalized spacial score (nSPS) is 10.5. The van der Waals surface area contributed by atoms with E-state index in [2.05, 4.69) is 30.6 Å². The molecule has 2 rings (SSSR count). The topological polar surface area (TPSA) is 55.0 Å². The molecule has 0 unspecified atom stereocenters. The standard InChI is InChI=1S/C12H9BrF2N2O2/c1-19-12(18)10-5-16-11(17-10)4-7-8(14)2-6(13)3-9(7)15/h2-3,5H,4H2,1H3,(H,16,17). The van der Waals surface area contributed by atoms with Gasteiger partial charge in [-0.1, -0.05) is 15.9 Å². The van der Waals surface area contributed by atoms with Crippen LogP contribution < -0.4 is 0 Å². The van der Waals surface area contributed by atoms with Gasteiger partial charge < -0.3 is 9.72 Å². The molecule has 2 aromatic rings. The number of esters is 1. The van der Waals surface area contributed by atoms with Crippen molar-refractivity contribution in [1.82, 2.24) is 9.97 Å². The number of carbonyl (C=O) groups is 1. The Morgan fingerprint density at radius 2 is 2.05 bits per heavy atom. The molecular formula is C12H9BrF2N2O2. The van der Waals surface area contributed by atoms with Gasteiger partial charge in [0.15, 0.2) is 0 Å². The number of carbonyl (C=O) groups excluding carboxylic acids is 1. The van der Waals surface area contributed by atoms with Crippen molar-refractivity contribution in [1.29, 1.82) is 0 Å². The minimum absolute atomic E-state index is 0.0814. The minimum atomic E-state index is -0.678. The Kier molecular flexibility index (Phi) is 3.94. The molecule has 19 heavy (non-hydrogen) atoms. The Hall–Kier alpha value is -1.76. The van der Waals surface area contributed by atoms with Gasteiger partial charge >= 0.3 is 5.97 Å². The van der Waals surface area contributed by atoms with Gasteiger partial charge in [0.25, 0.3) is 0 Å². The monoisotopic (exact) mass is 330 g/mol. The van der Waals surface area contributed by atoms with Crippen molar-refractivity contribution in [3.05, 3.63) is 51.5 Å². The van der Waals surface area contributed by atoms with Crippen LogP contribution in [0.2, 0.25) is 0 Å². The van der Waals surface area contributed by atoms with E-state index in [0.717, 1.165) is 0 Å². The fraction of sp³-hybridized carbons (Fsp3) is 0.167. The molecule has 100 valence electrons. The minimum Gasteiger partial charge on any atom is -0.464 e. The second-order valence-corrected chi connectivity index (χ2v) is 4.68. The zero-order chi connectivity index (χ0) is 14.0. The van der Waals surface area contributed by atoms with E-state index in [1.54, 1.807) is 0 Å². The SMILES string of the molecule is COC(=O)c1cnc(Cc2c(F)cc(Br)cc2F)[nH]1. The van der Waals surface area contributed by atoms with Gasteiger partial charge in [0, 0.05) is 16.5 Å². The molecule has 0 aliphatic carbocycles. The van der Waals surface area contributed by atoms with E-state index in [1.165, 1.54) is 25.4 Å². The van der Waals surface area contributed by atoms with Gasteiger partial charge in [-0.25, -0.2) is 18.6 Å². The highest BCUT2D eigenvalue weighted by Gasteiger charge is 2.15. The van der Waals surface area contributed by atoms with Gasteiger partial charge in [0.05, 0.1) is 13.3 Å². The molecular weight excluding hydrogens is 322 g/mol. The highest BCUT2D eigenvalue weighted by molar-refractivity contribution is 9.10. The molecule has 0 radical (unpaired) electrons. The zero-order valence-corrected chi connectivity index (χ0v) is 11.4. The lowest BCUT2D eigenvalue weighted by Gasteiger charge is -2.04. The number of rotatable bonds is 3. The number of aromatic amines is 1. The Morgan fingerprint density at radius 1 is 1.42 bits per heavy atom. The first-order chi connectivity index (χ1) is 9.01. The van der Waals surface area contributed by atoms with Gasteiger partial charge in [0.1, 0.15) is 23.2 Å². The van der Waals surface area contributed by atoms with E-state index in [0.29, 0.717) is 4.47 Å². The summed E-state index contributed by atoms with van der Waals surface area (Å²) < 4.78 is 32.1. The fourth-order valence-electron chi connectivity index (χ4n) is 1.57. The molecule has 1 N–H and O–H groups in total. The third-order valence-corrected chi connectivity index (χ3v) is 2.94. The molecule has 0 atom stereocenters. The lowest BCUT2D eigenvalue weighted by molar-refractivity contribution is 0.0594. The molecule has 0 saturated heterocycles. The van der Waals surface area contributed by atoms with Gasteiger partial charge in [-0.3, -0.25) is 0 Å². The second-order valence-electron chi connectivity index (χ2n) is 3.76. The van der Waals surface area contributed by atoms with Crippen molar-refractivity contribution in [3.63, 3.8) is 0 Å². The van der Waals surface area contributed by atoms with Gasteiger partial charge in [-0.2, -0.15) is 0 Å². The molecule has 7 heteroatoms. The first kappa shape index (κ1) is 13.7. The van der Waals surface area contributed by atoms with Gasteiger partial charge in [-0.05, 0) is 12.1 Å². The number of halogens is 3. The summed E-state index contributed by atoms with van der Waals surface area (Å²) in [7, 11) is 1.23. The molecule has 0 saturated carbocycles. The number of ether oxygens (including phenoxy) is 1. The zero-order valence-electron chi connectivity index (χ0n) is 9.84. The number of benzene rings is 1. The quantitative estimate of drug-likeness (QED) is 0.880. The average molecular weight is 331 g/mol. The van der Waals surface area contributed by atoms with Gasteiger partial charge in [-0.15, -0.1) is 0 Å². The number of aromatic nitrogens is 2. The second kappa shape index (κ2) is 5.48. The molecule has 0 aliphatic heterocycles. The van der Waals surface area contributed by atoms with Crippen molar-refractivity contribution in [2.45, 2.75) is 6.42 Å². The van der Waals surface area contributed by atoms with Crippen LogP contribution in [0.15, 0.2) is 22.8 Å². The Bertz CT molecular complexity index is 605. The third-order valence-electron chi connectivity index (χ3n) is 2.48. The van der Waals surface area contributed by atoms with Gasteiger partial charge in [0.2, 0.25) is 0 Å². The Morgan fingerprint density at radius 3 is 2.63 bits per heavy atom. The predicted octanol–water partition coefficient (Wildman–Crippen LogP) is 2.83. The number of imidazole rings is 1. The van der Waals surface area contributed by atoms with E-state index < -0.39 is 17.6 Å². The number of methoxy groups -OCH3 is 1. The maximum atomic E-state index is 13.6. The highest BCUT2D eigenvalue weighted by Crippen LogP contribution is 2.21. The summed E-state index contributed by atoms with van der Waals surface area (Å²) in [5, 5.41) is 0. The third kappa shape index (κ3) is 2.98. The highest BCUT2D eigenvalue weighted by atomic mass is 79.9. The van der Waals surface area contributed by atoms with Crippen molar-refractivity contribution in [3.8, 4) is 0 Å². The lowest BCUT2D eigenvalue weighted by Crippen LogP contribution is -2.03. The number of hydrogen-bond donors (Lipinski definition) is 1. The smallest absolute Gasteiger partial charge is 0.356 e. The summed E-state index contributed by atoms with van der Waals surface area (Å²) in [5.41, 5.74) is 0.0180. The first-order valence-electron chi connectivity index (χ1n) is 5.27. The molecule has 0 bridgehead atoms. The van der Waals surface area contributed by atoms with E-state index in [9.17, 15) is 13.6 Å². The van der Waals surface area contributed by atoms with Crippen LogP contribution in [0.25, 0.3) is 0 Å².